The number of halogens is 1. The molecule has 0 aromatic heterocycles. The lowest BCUT2D eigenvalue weighted by Gasteiger charge is -2.48. The van der Waals surface area contributed by atoms with Gasteiger partial charge in [0.2, 0.25) is 0 Å². The zero-order chi connectivity index (χ0) is 31.7. The van der Waals surface area contributed by atoms with Crippen molar-refractivity contribution in [3.8, 4) is 0 Å². The van der Waals surface area contributed by atoms with Crippen molar-refractivity contribution in [2.75, 3.05) is 0 Å². The van der Waals surface area contributed by atoms with Crippen LogP contribution in [-0.2, 0) is 14.9 Å². The van der Waals surface area contributed by atoms with Crippen molar-refractivity contribution in [3.63, 3.8) is 0 Å². The fourth-order valence-corrected chi connectivity index (χ4v) is 15.5. The van der Waals surface area contributed by atoms with E-state index in [2.05, 4.69) is 86.6 Å². The number of hydrogen-bond donors (Lipinski definition) is 0. The summed E-state index contributed by atoms with van der Waals surface area (Å²) < 4.78 is 20.5. The van der Waals surface area contributed by atoms with E-state index < -0.39 is 20.2 Å². The van der Waals surface area contributed by atoms with E-state index in [4.69, 9.17) is 4.74 Å². The largest absolute Gasteiger partial charge is 0.446 e. The molecule has 6 heteroatoms. The Hall–Kier alpha value is -2.73. The van der Waals surface area contributed by atoms with Gasteiger partial charge in [-0.05, 0) is 69.3 Å². The standard InChI is InChI=1S/C37H52FNO3Si/c1-24(2)43(25(3)4,26(5)6)35-23-39(32(22-33(35)40)28-16-18-30(38)19-17-28)36(41)42-34-21-27(7)15-20-31(34)37(8,9)29-13-11-10-12-14-29/h10-14,16-19,23-27,31-32,34H,15,20-22H2,1-9H3. The van der Waals surface area contributed by atoms with E-state index in [0.29, 0.717) is 22.5 Å². The van der Waals surface area contributed by atoms with Crippen LogP contribution in [0.15, 0.2) is 66.0 Å². The van der Waals surface area contributed by atoms with Crippen LogP contribution in [-0.4, -0.2) is 31.0 Å². The summed E-state index contributed by atoms with van der Waals surface area (Å²) in [4.78, 5) is 30.2. The summed E-state index contributed by atoms with van der Waals surface area (Å²) in [6.07, 6.45) is 4.25. The van der Waals surface area contributed by atoms with Gasteiger partial charge >= 0.3 is 6.09 Å². The number of benzene rings is 2. The van der Waals surface area contributed by atoms with Crippen molar-refractivity contribution in [1.29, 1.82) is 0 Å². The lowest BCUT2D eigenvalue weighted by atomic mass is 9.64. The van der Waals surface area contributed by atoms with Crippen molar-refractivity contribution >= 4 is 20.0 Å². The van der Waals surface area contributed by atoms with Gasteiger partial charge in [0, 0.05) is 18.5 Å². The van der Waals surface area contributed by atoms with Crippen LogP contribution in [0.3, 0.4) is 0 Å². The highest BCUT2D eigenvalue weighted by molar-refractivity contribution is 6.93. The summed E-state index contributed by atoms with van der Waals surface area (Å²) in [7, 11) is -2.37. The van der Waals surface area contributed by atoms with Crippen LogP contribution in [0.25, 0.3) is 0 Å². The number of ether oxygens (including phenoxy) is 1. The quantitative estimate of drug-likeness (QED) is 0.281. The Labute approximate surface area is 260 Å². The van der Waals surface area contributed by atoms with Crippen LogP contribution in [0.1, 0.15) is 105 Å². The molecule has 4 rings (SSSR count). The molecular formula is C37H52FNO3Si. The fraction of sp³-hybridized carbons (Fsp3) is 0.568. The SMILES string of the molecule is CC1CCC(C(C)(C)c2ccccc2)C(OC(=O)N2C=C([Si](C(C)C)(C(C)C)C(C)C)C(=O)CC2c2ccc(F)cc2)C1. The Balaban J connectivity index is 1.78. The maximum Gasteiger partial charge on any atom is 0.414 e. The molecular weight excluding hydrogens is 553 g/mol. The number of hydrogen-bond acceptors (Lipinski definition) is 3. The molecule has 0 spiro atoms. The van der Waals surface area contributed by atoms with E-state index in [1.165, 1.54) is 17.7 Å². The summed E-state index contributed by atoms with van der Waals surface area (Å²) in [5.74, 6) is 0.370. The number of nitrogens with zero attached hydrogens (tertiary/aromatic N) is 1. The average Bonchev–Trinajstić information content (AvgIpc) is 2.94. The lowest BCUT2D eigenvalue weighted by Crippen LogP contribution is -2.52. The Morgan fingerprint density at radius 1 is 0.930 bits per heavy atom. The minimum Gasteiger partial charge on any atom is -0.446 e. The second-order valence-electron chi connectivity index (χ2n) is 14.6. The molecule has 0 saturated heterocycles. The molecule has 1 aliphatic carbocycles. The van der Waals surface area contributed by atoms with Gasteiger partial charge < -0.3 is 4.74 Å². The number of amides is 1. The van der Waals surface area contributed by atoms with E-state index >= 15 is 0 Å². The second kappa shape index (κ2) is 13.1. The molecule has 2 aliphatic rings. The molecule has 4 atom stereocenters. The van der Waals surface area contributed by atoms with Crippen molar-refractivity contribution in [3.05, 3.63) is 82.9 Å². The predicted molar refractivity (Wildman–Crippen MR) is 176 cm³/mol. The molecule has 0 N–H and O–H groups in total. The van der Waals surface area contributed by atoms with Gasteiger partial charge in [-0.15, -0.1) is 0 Å². The first-order chi connectivity index (χ1) is 20.2. The van der Waals surface area contributed by atoms with Crippen LogP contribution < -0.4 is 0 Å². The van der Waals surface area contributed by atoms with Crippen LogP contribution in [0.5, 0.6) is 0 Å². The summed E-state index contributed by atoms with van der Waals surface area (Å²) in [6, 6.07) is 16.2. The van der Waals surface area contributed by atoms with Gasteiger partial charge in [0.1, 0.15) is 20.0 Å². The predicted octanol–water partition coefficient (Wildman–Crippen LogP) is 10.2. The maximum atomic E-state index is 14.4. The van der Waals surface area contributed by atoms with Crippen molar-refractivity contribution in [2.24, 2.45) is 11.8 Å². The smallest absolute Gasteiger partial charge is 0.414 e. The van der Waals surface area contributed by atoms with Gasteiger partial charge in [0.05, 0.1) is 6.04 Å². The third kappa shape index (κ3) is 6.41. The van der Waals surface area contributed by atoms with E-state index in [1.807, 2.05) is 12.3 Å². The zero-order valence-corrected chi connectivity index (χ0v) is 28.7. The Morgan fingerprint density at radius 2 is 1.51 bits per heavy atom. The third-order valence-electron chi connectivity index (χ3n) is 10.8. The normalized spacial score (nSPS) is 23.6. The highest BCUT2D eigenvalue weighted by Gasteiger charge is 2.51. The molecule has 1 fully saturated rings. The van der Waals surface area contributed by atoms with Gasteiger partial charge in [-0.25, -0.2) is 9.18 Å². The van der Waals surface area contributed by atoms with Crippen LogP contribution in [0, 0.1) is 17.7 Å². The Kier molecular flexibility index (Phi) is 10.1. The number of Topliss-reactive ketones (excluding diaryl/α,β-unsaturated/α-hetero) is 1. The molecule has 2 aromatic rings. The first-order valence-electron chi connectivity index (χ1n) is 16.3. The maximum absolute atomic E-state index is 14.4. The number of carbonyl (C=O) groups excluding carboxylic acids is 2. The molecule has 1 amide bonds. The summed E-state index contributed by atoms with van der Waals surface area (Å²) in [6.45, 7) is 20.1. The molecule has 4 nitrogen and oxygen atoms in total. The first-order valence-corrected chi connectivity index (χ1v) is 18.5. The summed E-state index contributed by atoms with van der Waals surface area (Å²) in [5, 5.41) is 0.834. The van der Waals surface area contributed by atoms with Crippen LogP contribution in [0.2, 0.25) is 16.6 Å². The van der Waals surface area contributed by atoms with Gasteiger partial charge in [-0.3, -0.25) is 9.69 Å². The molecule has 234 valence electrons. The highest BCUT2D eigenvalue weighted by Crippen LogP contribution is 2.50. The molecule has 4 unspecified atom stereocenters. The van der Waals surface area contributed by atoms with E-state index in [9.17, 15) is 14.0 Å². The molecule has 2 aromatic carbocycles. The molecule has 0 bridgehead atoms. The number of ketones is 1. The molecule has 1 aliphatic heterocycles. The minimum absolute atomic E-state index is 0.107. The van der Waals surface area contributed by atoms with E-state index in [1.54, 1.807) is 17.0 Å². The average molecular weight is 606 g/mol. The van der Waals surface area contributed by atoms with Gasteiger partial charge in [0.25, 0.3) is 0 Å². The Bertz CT molecular complexity index is 1280. The van der Waals surface area contributed by atoms with E-state index in [-0.39, 0.29) is 35.5 Å². The van der Waals surface area contributed by atoms with Gasteiger partial charge in [-0.2, -0.15) is 0 Å². The molecule has 0 radical (unpaired) electrons. The molecule has 1 heterocycles. The number of carbonyl (C=O) groups is 2. The summed E-state index contributed by atoms with van der Waals surface area (Å²) in [5.41, 5.74) is 2.75. The monoisotopic (exact) mass is 605 g/mol. The number of allylic oxidation sites excluding steroid dienone is 1. The zero-order valence-electron chi connectivity index (χ0n) is 27.7. The van der Waals surface area contributed by atoms with Crippen LogP contribution in [0.4, 0.5) is 9.18 Å². The lowest BCUT2D eigenvalue weighted by molar-refractivity contribution is -0.116. The van der Waals surface area contributed by atoms with Gasteiger partial charge in [-0.1, -0.05) is 111 Å². The first kappa shape index (κ1) is 33.2. The van der Waals surface area contributed by atoms with Crippen LogP contribution >= 0.6 is 0 Å². The van der Waals surface area contributed by atoms with E-state index in [0.717, 1.165) is 30.0 Å². The topological polar surface area (TPSA) is 46.6 Å². The highest BCUT2D eigenvalue weighted by atomic mass is 28.3. The molecule has 43 heavy (non-hydrogen) atoms. The van der Waals surface area contributed by atoms with Crippen molar-refractivity contribution < 1.29 is 18.7 Å². The Morgan fingerprint density at radius 3 is 2.07 bits per heavy atom. The minimum atomic E-state index is -2.37. The second-order valence-corrected chi connectivity index (χ2v) is 20.4. The van der Waals surface area contributed by atoms with Crippen molar-refractivity contribution in [1.82, 2.24) is 4.90 Å². The van der Waals surface area contributed by atoms with Crippen molar-refractivity contribution in [2.45, 2.75) is 122 Å². The molecule has 1 saturated carbocycles. The third-order valence-corrected chi connectivity index (χ3v) is 17.9. The number of rotatable bonds is 8. The summed E-state index contributed by atoms with van der Waals surface area (Å²) >= 11 is 0. The van der Waals surface area contributed by atoms with Gasteiger partial charge in [0.15, 0.2) is 5.78 Å². The fourth-order valence-electron chi connectivity index (χ4n) is 8.67.